The van der Waals surface area contributed by atoms with Crippen LogP contribution < -0.4 is 5.32 Å². The van der Waals surface area contributed by atoms with Crippen molar-refractivity contribution < 1.29 is 4.79 Å². The molecule has 0 spiro atoms. The summed E-state index contributed by atoms with van der Waals surface area (Å²) in [6.45, 7) is 2.19. The second-order valence-electron chi connectivity index (χ2n) is 4.94. The zero-order valence-corrected chi connectivity index (χ0v) is 14.1. The highest BCUT2D eigenvalue weighted by Crippen LogP contribution is 2.26. The normalized spacial score (nSPS) is 12.1. The summed E-state index contributed by atoms with van der Waals surface area (Å²) in [6, 6.07) is 12.7. The van der Waals surface area contributed by atoms with Crippen LogP contribution in [0.3, 0.4) is 0 Å². The molecule has 112 valence electrons. The van der Waals surface area contributed by atoms with Crippen molar-refractivity contribution in [3.63, 3.8) is 0 Å². The molecular formula is C17H21NOS2. The van der Waals surface area contributed by atoms with Gasteiger partial charge in [-0.2, -0.15) is 11.8 Å². The lowest BCUT2D eigenvalue weighted by molar-refractivity contribution is -0.119. The Labute approximate surface area is 135 Å². The van der Waals surface area contributed by atoms with Gasteiger partial charge in [0.1, 0.15) is 0 Å². The van der Waals surface area contributed by atoms with E-state index in [1.807, 2.05) is 12.3 Å². The van der Waals surface area contributed by atoms with Gasteiger partial charge in [0.15, 0.2) is 0 Å². The molecule has 1 heterocycles. The van der Waals surface area contributed by atoms with Crippen molar-refractivity contribution in [3.05, 3.63) is 57.8 Å². The minimum Gasteiger partial charge on any atom is -0.344 e. The molecule has 2 rings (SSSR count). The van der Waals surface area contributed by atoms with Crippen molar-refractivity contribution >= 4 is 29.0 Å². The van der Waals surface area contributed by atoms with E-state index >= 15 is 0 Å². The molecule has 0 saturated heterocycles. The minimum absolute atomic E-state index is 0.0414. The Hall–Kier alpha value is -1.26. The van der Waals surface area contributed by atoms with Gasteiger partial charge >= 0.3 is 0 Å². The van der Waals surface area contributed by atoms with Gasteiger partial charge in [-0.3, -0.25) is 4.79 Å². The molecule has 21 heavy (non-hydrogen) atoms. The summed E-state index contributed by atoms with van der Waals surface area (Å²) in [5, 5.41) is 5.19. The van der Waals surface area contributed by atoms with Crippen molar-refractivity contribution in [2.24, 2.45) is 0 Å². The predicted octanol–water partition coefficient (Wildman–Crippen LogP) is 4.27. The maximum atomic E-state index is 12.0. The van der Waals surface area contributed by atoms with Gasteiger partial charge in [-0.05, 0) is 35.2 Å². The van der Waals surface area contributed by atoms with E-state index in [0.29, 0.717) is 5.75 Å². The molecule has 1 aromatic carbocycles. The zero-order chi connectivity index (χ0) is 15.1. The van der Waals surface area contributed by atoms with Gasteiger partial charge in [-0.15, -0.1) is 11.3 Å². The highest BCUT2D eigenvalue weighted by atomic mass is 32.2. The number of carbonyl (C=O) groups is 1. The summed E-state index contributed by atoms with van der Waals surface area (Å²) in [5.74, 6) is 0.578. The topological polar surface area (TPSA) is 29.1 Å². The van der Waals surface area contributed by atoms with Crippen LogP contribution in [0.5, 0.6) is 0 Å². The van der Waals surface area contributed by atoms with Crippen LogP contribution in [0, 0.1) is 0 Å². The lowest BCUT2D eigenvalue weighted by Gasteiger charge is -2.18. The van der Waals surface area contributed by atoms with E-state index in [-0.39, 0.29) is 11.9 Å². The third-order valence-electron chi connectivity index (χ3n) is 3.26. The third kappa shape index (κ3) is 4.61. The van der Waals surface area contributed by atoms with Crippen LogP contribution in [-0.4, -0.2) is 17.9 Å². The first-order chi connectivity index (χ1) is 10.2. The van der Waals surface area contributed by atoms with Gasteiger partial charge in [-0.25, -0.2) is 0 Å². The molecular weight excluding hydrogens is 298 g/mol. The molecule has 4 heteroatoms. The second kappa shape index (κ2) is 8.25. The number of carbonyl (C=O) groups excluding carboxylic acids is 1. The van der Waals surface area contributed by atoms with Crippen LogP contribution in [0.1, 0.15) is 35.4 Å². The van der Waals surface area contributed by atoms with Crippen LogP contribution in [0.2, 0.25) is 0 Å². The quantitative estimate of drug-likeness (QED) is 0.826. The molecule has 0 fully saturated rings. The van der Waals surface area contributed by atoms with Crippen LogP contribution >= 0.6 is 23.1 Å². The van der Waals surface area contributed by atoms with Crippen LogP contribution in [0.15, 0.2) is 41.8 Å². The highest BCUT2D eigenvalue weighted by Gasteiger charge is 2.17. The molecule has 2 nitrogen and oxygen atoms in total. The van der Waals surface area contributed by atoms with Gasteiger partial charge < -0.3 is 5.32 Å². The van der Waals surface area contributed by atoms with E-state index in [9.17, 15) is 4.79 Å². The van der Waals surface area contributed by atoms with Crippen molar-refractivity contribution in [1.29, 1.82) is 0 Å². The first-order valence-electron chi connectivity index (χ1n) is 7.15. The van der Waals surface area contributed by atoms with Gasteiger partial charge in [0, 0.05) is 4.88 Å². The van der Waals surface area contributed by atoms with Crippen LogP contribution in [-0.2, 0) is 11.2 Å². The van der Waals surface area contributed by atoms with Crippen molar-refractivity contribution in [1.82, 2.24) is 5.32 Å². The first-order valence-corrected chi connectivity index (χ1v) is 9.42. The summed E-state index contributed by atoms with van der Waals surface area (Å²) in [5.41, 5.74) is 2.49. The highest BCUT2D eigenvalue weighted by molar-refractivity contribution is 7.99. The third-order valence-corrected chi connectivity index (χ3v) is 4.75. The number of thioether (sulfide) groups is 1. The fourth-order valence-corrected chi connectivity index (χ4v) is 3.42. The van der Waals surface area contributed by atoms with Gasteiger partial charge in [-0.1, -0.05) is 43.7 Å². The average Bonchev–Trinajstić information content (AvgIpc) is 3.00. The largest absolute Gasteiger partial charge is 0.344 e. The molecule has 1 atom stereocenters. The molecule has 1 aromatic heterocycles. The number of nitrogens with one attached hydrogen (secondary N) is 1. The van der Waals surface area contributed by atoms with Crippen LogP contribution in [0.25, 0.3) is 0 Å². The number of amides is 1. The molecule has 0 aliphatic carbocycles. The van der Waals surface area contributed by atoms with E-state index in [2.05, 4.69) is 48.0 Å². The van der Waals surface area contributed by atoms with Crippen molar-refractivity contribution in [2.45, 2.75) is 25.8 Å². The van der Waals surface area contributed by atoms with Crippen LogP contribution in [0.4, 0.5) is 0 Å². The number of hydrogen-bond acceptors (Lipinski definition) is 3. The maximum Gasteiger partial charge on any atom is 0.230 e. The Kier molecular flexibility index (Phi) is 6.33. The van der Waals surface area contributed by atoms with E-state index in [4.69, 9.17) is 0 Å². The summed E-state index contributed by atoms with van der Waals surface area (Å²) in [4.78, 5) is 13.1. The Bertz CT molecular complexity index is 549. The first kappa shape index (κ1) is 16.1. The summed E-state index contributed by atoms with van der Waals surface area (Å²) < 4.78 is 0. The second-order valence-corrected chi connectivity index (χ2v) is 6.79. The SMILES string of the molecule is CCCc1ccc(C(NC(=O)CSC)c2cccs2)cc1. The number of hydrogen-bond donors (Lipinski definition) is 1. The Balaban J connectivity index is 2.20. The smallest absolute Gasteiger partial charge is 0.230 e. The monoisotopic (exact) mass is 319 g/mol. The lowest BCUT2D eigenvalue weighted by atomic mass is 10.0. The summed E-state index contributed by atoms with van der Waals surface area (Å²) >= 11 is 3.22. The summed E-state index contributed by atoms with van der Waals surface area (Å²) in [7, 11) is 0. The molecule has 0 aliphatic heterocycles. The van der Waals surface area contributed by atoms with E-state index in [1.54, 1.807) is 23.1 Å². The fourth-order valence-electron chi connectivity index (χ4n) is 2.27. The molecule has 1 N–H and O–H groups in total. The molecule has 2 aromatic rings. The fraction of sp³-hybridized carbons (Fsp3) is 0.353. The lowest BCUT2D eigenvalue weighted by Crippen LogP contribution is -2.30. The Morgan fingerprint density at radius 2 is 2.05 bits per heavy atom. The zero-order valence-electron chi connectivity index (χ0n) is 12.5. The van der Waals surface area contributed by atoms with Gasteiger partial charge in [0.05, 0.1) is 11.8 Å². The number of aryl methyl sites for hydroxylation is 1. The van der Waals surface area contributed by atoms with E-state index in [1.165, 1.54) is 10.4 Å². The Morgan fingerprint density at radius 3 is 2.62 bits per heavy atom. The molecule has 0 bridgehead atoms. The van der Waals surface area contributed by atoms with E-state index in [0.717, 1.165) is 18.4 Å². The number of rotatable bonds is 7. The standard InChI is InChI=1S/C17H21NOS2/c1-3-5-13-7-9-14(10-8-13)17(15-6-4-11-21-15)18-16(19)12-20-2/h4,6-11,17H,3,5,12H2,1-2H3,(H,18,19). The van der Waals surface area contributed by atoms with Crippen molar-refractivity contribution in [2.75, 3.05) is 12.0 Å². The van der Waals surface area contributed by atoms with Gasteiger partial charge in [0.25, 0.3) is 0 Å². The Morgan fingerprint density at radius 1 is 1.29 bits per heavy atom. The molecule has 0 saturated carbocycles. The number of thiophene rings is 1. The average molecular weight is 319 g/mol. The minimum atomic E-state index is -0.0414. The predicted molar refractivity (Wildman–Crippen MR) is 93.1 cm³/mol. The molecule has 0 aliphatic rings. The molecule has 0 radical (unpaired) electrons. The number of benzene rings is 1. The maximum absolute atomic E-state index is 12.0. The molecule has 1 unspecified atom stereocenters. The summed E-state index contributed by atoms with van der Waals surface area (Å²) in [6.07, 6.45) is 4.19. The molecule has 1 amide bonds. The van der Waals surface area contributed by atoms with Gasteiger partial charge in [0.2, 0.25) is 5.91 Å². The van der Waals surface area contributed by atoms with Crippen molar-refractivity contribution in [3.8, 4) is 0 Å². The van der Waals surface area contributed by atoms with E-state index < -0.39 is 0 Å².